The molecule has 2 N–H and O–H groups in total. The molecule has 160 valence electrons. The van der Waals surface area contributed by atoms with E-state index in [1.165, 1.54) is 0 Å². The number of hydrogen-bond acceptors (Lipinski definition) is 7. The molecule has 0 radical (unpaired) electrons. The van der Waals surface area contributed by atoms with E-state index in [0.717, 1.165) is 5.56 Å². The molecule has 8 heteroatoms. The molecule has 2 atom stereocenters. The maximum atomic E-state index is 13.2. The number of hydrogen-bond donors (Lipinski definition) is 2. The molecular formula is C23H21NO7. The van der Waals surface area contributed by atoms with Crippen LogP contribution in [0.25, 0.3) is 0 Å². The van der Waals surface area contributed by atoms with Crippen molar-refractivity contribution < 1.29 is 33.6 Å². The number of aliphatic carboxylic acids is 1. The lowest BCUT2D eigenvalue weighted by Gasteiger charge is -2.35. The lowest BCUT2D eigenvalue weighted by molar-refractivity contribution is -0.138. The normalized spacial score (nSPS) is 21.2. The van der Waals surface area contributed by atoms with E-state index < -0.39 is 11.9 Å². The number of carbonyl (C=O) groups excluding carboxylic acids is 1. The highest BCUT2D eigenvalue weighted by molar-refractivity contribution is 6.06. The van der Waals surface area contributed by atoms with Crippen LogP contribution < -0.4 is 24.3 Å². The summed E-state index contributed by atoms with van der Waals surface area (Å²) < 4.78 is 21.5. The van der Waals surface area contributed by atoms with Gasteiger partial charge >= 0.3 is 5.97 Å². The molecule has 31 heavy (non-hydrogen) atoms. The quantitative estimate of drug-likeness (QED) is 0.771. The first kappa shape index (κ1) is 19.3. The van der Waals surface area contributed by atoms with Crippen molar-refractivity contribution in [1.29, 1.82) is 0 Å². The lowest BCUT2D eigenvalue weighted by atomic mass is 9.74. The lowest BCUT2D eigenvalue weighted by Crippen LogP contribution is -2.32. The van der Waals surface area contributed by atoms with Crippen molar-refractivity contribution in [1.82, 2.24) is 0 Å². The predicted molar refractivity (Wildman–Crippen MR) is 110 cm³/mol. The molecular weight excluding hydrogens is 402 g/mol. The molecule has 2 aromatic carbocycles. The van der Waals surface area contributed by atoms with Crippen molar-refractivity contribution in [3.8, 4) is 23.0 Å². The van der Waals surface area contributed by atoms with E-state index in [0.29, 0.717) is 51.9 Å². The summed E-state index contributed by atoms with van der Waals surface area (Å²) in [4.78, 5) is 25.4. The third-order valence-corrected chi connectivity index (χ3v) is 6.06. The summed E-state index contributed by atoms with van der Waals surface area (Å²) in [5.41, 5.74) is 3.01. The number of ether oxygens (including phenoxy) is 4. The largest absolute Gasteiger partial charge is 0.493 e. The zero-order chi connectivity index (χ0) is 21.7. The number of anilines is 1. The van der Waals surface area contributed by atoms with Crippen molar-refractivity contribution in [2.45, 2.75) is 24.7 Å². The van der Waals surface area contributed by atoms with Crippen LogP contribution in [0, 0.1) is 0 Å². The Labute approximate surface area is 178 Å². The molecule has 0 amide bonds. The SMILES string of the molecule is COc1ccc([C@@H]2CC(=O)C3=C(C2)Nc2cc4c(cc2[C@@H]3C(=O)O)OCO4)cc1OC. The van der Waals surface area contributed by atoms with Gasteiger partial charge in [-0.15, -0.1) is 0 Å². The molecule has 2 heterocycles. The number of nitrogens with one attached hydrogen (secondary N) is 1. The van der Waals surface area contributed by atoms with Crippen LogP contribution in [0.1, 0.15) is 35.8 Å². The maximum absolute atomic E-state index is 13.2. The second kappa shape index (κ2) is 7.23. The zero-order valence-corrected chi connectivity index (χ0v) is 17.1. The fourth-order valence-corrected chi connectivity index (χ4v) is 4.61. The van der Waals surface area contributed by atoms with Crippen LogP contribution in [0.5, 0.6) is 23.0 Å². The Bertz CT molecular complexity index is 1140. The van der Waals surface area contributed by atoms with E-state index in [4.69, 9.17) is 18.9 Å². The van der Waals surface area contributed by atoms with E-state index in [-0.39, 0.29) is 24.9 Å². The number of ketones is 1. The van der Waals surface area contributed by atoms with E-state index >= 15 is 0 Å². The minimum atomic E-state index is -1.06. The summed E-state index contributed by atoms with van der Waals surface area (Å²) >= 11 is 0. The van der Waals surface area contributed by atoms with E-state index in [2.05, 4.69) is 5.32 Å². The van der Waals surface area contributed by atoms with Gasteiger partial charge in [0.1, 0.15) is 5.92 Å². The van der Waals surface area contributed by atoms with Gasteiger partial charge in [0.15, 0.2) is 28.8 Å². The average molecular weight is 423 g/mol. The molecule has 0 bridgehead atoms. The highest BCUT2D eigenvalue weighted by Crippen LogP contribution is 2.49. The summed E-state index contributed by atoms with van der Waals surface area (Å²) in [6, 6.07) is 8.98. The first-order valence-electron chi connectivity index (χ1n) is 9.91. The van der Waals surface area contributed by atoms with Gasteiger partial charge in [-0.25, -0.2) is 0 Å². The second-order valence-corrected chi connectivity index (χ2v) is 7.72. The molecule has 0 saturated carbocycles. The van der Waals surface area contributed by atoms with E-state index in [9.17, 15) is 14.7 Å². The Morgan fingerprint density at radius 2 is 1.81 bits per heavy atom. The van der Waals surface area contributed by atoms with Crippen LogP contribution in [0.15, 0.2) is 41.6 Å². The minimum absolute atomic E-state index is 0.0867. The Morgan fingerprint density at radius 3 is 2.52 bits per heavy atom. The molecule has 0 unspecified atom stereocenters. The predicted octanol–water partition coefficient (Wildman–Crippen LogP) is 3.43. The molecule has 0 saturated heterocycles. The molecule has 0 aromatic heterocycles. The minimum Gasteiger partial charge on any atom is -0.493 e. The van der Waals surface area contributed by atoms with Gasteiger partial charge in [0.05, 0.1) is 14.2 Å². The smallest absolute Gasteiger partial charge is 0.315 e. The topological polar surface area (TPSA) is 103 Å². The summed E-state index contributed by atoms with van der Waals surface area (Å²) in [5, 5.41) is 13.3. The number of carboxylic acid groups (broad SMARTS) is 1. The summed E-state index contributed by atoms with van der Waals surface area (Å²) in [5.74, 6) is -0.148. The Kier molecular flexibility index (Phi) is 4.50. The molecule has 5 rings (SSSR count). The van der Waals surface area contributed by atoms with Gasteiger partial charge in [-0.05, 0) is 41.7 Å². The third-order valence-electron chi connectivity index (χ3n) is 6.06. The number of benzene rings is 2. The fourth-order valence-electron chi connectivity index (χ4n) is 4.61. The zero-order valence-electron chi connectivity index (χ0n) is 17.1. The summed E-state index contributed by atoms with van der Waals surface area (Å²) in [7, 11) is 3.13. The van der Waals surface area contributed by atoms with Crippen molar-refractivity contribution in [2.24, 2.45) is 0 Å². The van der Waals surface area contributed by atoms with Gasteiger partial charge in [-0.3, -0.25) is 9.59 Å². The number of allylic oxidation sites excluding steroid dienone is 1. The number of carbonyl (C=O) groups is 2. The van der Waals surface area contributed by atoms with Crippen LogP contribution in [0.2, 0.25) is 0 Å². The second-order valence-electron chi connectivity index (χ2n) is 7.72. The van der Waals surface area contributed by atoms with Crippen molar-refractivity contribution in [2.75, 3.05) is 26.3 Å². The highest BCUT2D eigenvalue weighted by atomic mass is 16.7. The number of Topliss-reactive ketones (excluding diaryl/α,β-unsaturated/α-hetero) is 1. The van der Waals surface area contributed by atoms with Crippen LogP contribution in [0.3, 0.4) is 0 Å². The first-order valence-corrected chi connectivity index (χ1v) is 9.91. The van der Waals surface area contributed by atoms with Crippen LogP contribution >= 0.6 is 0 Å². The van der Waals surface area contributed by atoms with E-state index in [1.807, 2.05) is 18.2 Å². The van der Waals surface area contributed by atoms with Gasteiger partial charge in [0.2, 0.25) is 6.79 Å². The van der Waals surface area contributed by atoms with Crippen molar-refractivity contribution >= 4 is 17.4 Å². The molecule has 0 spiro atoms. The molecule has 3 aliphatic rings. The van der Waals surface area contributed by atoms with Crippen LogP contribution in [-0.2, 0) is 9.59 Å². The Hall–Kier alpha value is -3.68. The standard InChI is InChI=1S/C23H21NO7/c1-28-17-4-3-11(7-18(17)29-2)12-5-15-22(16(25)6-12)21(23(26)27)13-8-19-20(31-10-30-19)9-14(13)24-15/h3-4,7-9,12,21,24H,5-6,10H2,1-2H3,(H,26,27)/t12-,21-/m0/s1. The maximum Gasteiger partial charge on any atom is 0.315 e. The van der Waals surface area contributed by atoms with Crippen LogP contribution in [0.4, 0.5) is 5.69 Å². The number of methoxy groups -OCH3 is 2. The van der Waals surface area contributed by atoms with Crippen molar-refractivity contribution in [3.05, 3.63) is 52.7 Å². The molecule has 2 aliphatic heterocycles. The third kappa shape index (κ3) is 3.06. The van der Waals surface area contributed by atoms with Crippen molar-refractivity contribution in [3.63, 3.8) is 0 Å². The molecule has 8 nitrogen and oxygen atoms in total. The number of carboxylic acids is 1. The number of rotatable bonds is 4. The van der Waals surface area contributed by atoms with Gasteiger partial charge < -0.3 is 29.4 Å². The molecule has 2 aromatic rings. The molecule has 1 aliphatic carbocycles. The monoisotopic (exact) mass is 423 g/mol. The van der Waals surface area contributed by atoms with Gasteiger partial charge in [-0.2, -0.15) is 0 Å². The van der Waals surface area contributed by atoms with Gasteiger partial charge in [-0.1, -0.05) is 6.07 Å². The highest BCUT2D eigenvalue weighted by Gasteiger charge is 2.42. The number of fused-ring (bicyclic) bond motifs is 2. The van der Waals surface area contributed by atoms with Gasteiger partial charge in [0.25, 0.3) is 0 Å². The first-order chi connectivity index (χ1) is 15.0. The van der Waals surface area contributed by atoms with Gasteiger partial charge in [0, 0.05) is 29.4 Å². The Morgan fingerprint density at radius 1 is 1.06 bits per heavy atom. The summed E-state index contributed by atoms with van der Waals surface area (Å²) in [6.07, 6.45) is 0.730. The average Bonchev–Trinajstić information content (AvgIpc) is 3.22. The fraction of sp³-hybridized carbons (Fsp3) is 0.304. The van der Waals surface area contributed by atoms with Crippen LogP contribution in [-0.4, -0.2) is 37.9 Å². The Balaban J connectivity index is 1.54. The van der Waals surface area contributed by atoms with E-state index in [1.54, 1.807) is 26.4 Å². The molecule has 0 fully saturated rings. The summed E-state index contributed by atoms with van der Waals surface area (Å²) in [6.45, 7) is 0.0867.